The molecule has 100 valence electrons. The van der Waals surface area contributed by atoms with Gasteiger partial charge in [0.05, 0.1) is 34.5 Å². The van der Waals surface area contributed by atoms with Crippen molar-refractivity contribution in [2.75, 3.05) is 0 Å². The zero-order valence-corrected chi connectivity index (χ0v) is 11.8. The summed E-state index contributed by atoms with van der Waals surface area (Å²) in [6.07, 6.45) is 3.15. The summed E-state index contributed by atoms with van der Waals surface area (Å²) in [5, 5.41) is 1.19. The van der Waals surface area contributed by atoms with Crippen LogP contribution in [0.1, 0.15) is 5.69 Å². The molecule has 1 aromatic carbocycles. The van der Waals surface area contributed by atoms with Crippen molar-refractivity contribution in [2.24, 2.45) is 0 Å². The van der Waals surface area contributed by atoms with Crippen LogP contribution >= 0.6 is 23.2 Å². The molecule has 0 spiro atoms. The zero-order chi connectivity index (χ0) is 14.1. The molecule has 3 aromatic rings. The molecule has 0 saturated carbocycles. The molecule has 2 heterocycles. The first-order chi connectivity index (χ1) is 9.65. The molecule has 0 aliphatic heterocycles. The summed E-state index contributed by atoms with van der Waals surface area (Å²) in [5.41, 5.74) is 1.05. The van der Waals surface area contributed by atoms with E-state index < -0.39 is 0 Å². The average molecular weight is 306 g/mol. The molecule has 0 amide bonds. The van der Waals surface area contributed by atoms with Crippen LogP contribution in [0.15, 0.2) is 47.7 Å². The zero-order valence-electron chi connectivity index (χ0n) is 10.3. The first-order valence-electron chi connectivity index (χ1n) is 5.89. The van der Waals surface area contributed by atoms with Crippen LogP contribution in [0.25, 0.3) is 10.9 Å². The molecule has 4 nitrogen and oxygen atoms in total. The minimum atomic E-state index is -0.190. The lowest BCUT2D eigenvalue weighted by Gasteiger charge is -2.07. The fraction of sp³-hybridized carbons (Fsp3) is 0.0714. The maximum absolute atomic E-state index is 12.4. The van der Waals surface area contributed by atoms with Gasteiger partial charge in [-0.1, -0.05) is 29.3 Å². The van der Waals surface area contributed by atoms with Crippen molar-refractivity contribution in [3.8, 4) is 0 Å². The van der Waals surface area contributed by atoms with Crippen molar-refractivity contribution in [3.63, 3.8) is 0 Å². The third-order valence-corrected chi connectivity index (χ3v) is 3.41. The molecule has 0 bridgehead atoms. The first kappa shape index (κ1) is 13.1. The first-order valence-corrected chi connectivity index (χ1v) is 6.65. The van der Waals surface area contributed by atoms with Gasteiger partial charge in [-0.15, -0.1) is 0 Å². The van der Waals surface area contributed by atoms with E-state index in [0.29, 0.717) is 27.5 Å². The monoisotopic (exact) mass is 305 g/mol. The Labute approximate surface area is 124 Å². The van der Waals surface area contributed by atoms with Crippen molar-refractivity contribution in [2.45, 2.75) is 6.54 Å². The maximum Gasteiger partial charge on any atom is 0.261 e. The second-order valence-corrected chi connectivity index (χ2v) is 5.13. The SMILES string of the molecule is O=c1c2cc(Cl)cc(Cl)c2ncn1Cc1ccccn1. The summed E-state index contributed by atoms with van der Waals surface area (Å²) >= 11 is 12.0. The van der Waals surface area contributed by atoms with E-state index in [2.05, 4.69) is 9.97 Å². The van der Waals surface area contributed by atoms with E-state index in [1.807, 2.05) is 18.2 Å². The molecule has 2 aromatic heterocycles. The number of pyridine rings is 1. The summed E-state index contributed by atoms with van der Waals surface area (Å²) in [4.78, 5) is 20.8. The smallest absolute Gasteiger partial charge is 0.261 e. The summed E-state index contributed by atoms with van der Waals surface area (Å²) < 4.78 is 1.48. The highest BCUT2D eigenvalue weighted by atomic mass is 35.5. The minimum Gasteiger partial charge on any atom is -0.293 e. The molecular formula is C14H9Cl2N3O. The molecule has 0 aliphatic rings. The average Bonchev–Trinajstić information content (AvgIpc) is 2.43. The van der Waals surface area contributed by atoms with Gasteiger partial charge in [-0.2, -0.15) is 0 Å². The van der Waals surface area contributed by atoms with E-state index in [4.69, 9.17) is 23.2 Å². The Morgan fingerprint density at radius 2 is 2.00 bits per heavy atom. The summed E-state index contributed by atoms with van der Waals surface area (Å²) in [5.74, 6) is 0. The van der Waals surface area contributed by atoms with Crippen LogP contribution < -0.4 is 5.56 Å². The lowest BCUT2D eigenvalue weighted by Crippen LogP contribution is -2.21. The van der Waals surface area contributed by atoms with Gasteiger partial charge >= 0.3 is 0 Å². The largest absolute Gasteiger partial charge is 0.293 e. The molecule has 3 rings (SSSR count). The lowest BCUT2D eigenvalue weighted by molar-refractivity contribution is 0.730. The number of benzene rings is 1. The van der Waals surface area contributed by atoms with Gasteiger partial charge in [-0.05, 0) is 24.3 Å². The topological polar surface area (TPSA) is 47.8 Å². The van der Waals surface area contributed by atoms with Gasteiger partial charge in [0.1, 0.15) is 0 Å². The molecule has 0 fully saturated rings. The van der Waals surface area contributed by atoms with Crippen LogP contribution in [0.4, 0.5) is 0 Å². The van der Waals surface area contributed by atoms with Crippen molar-refractivity contribution >= 4 is 34.1 Å². The second-order valence-electron chi connectivity index (χ2n) is 4.28. The van der Waals surface area contributed by atoms with Gasteiger partial charge in [0.15, 0.2) is 0 Å². The summed E-state index contributed by atoms with van der Waals surface area (Å²) in [6.45, 7) is 0.354. The van der Waals surface area contributed by atoms with Crippen LogP contribution in [-0.4, -0.2) is 14.5 Å². The standard InChI is InChI=1S/C14H9Cl2N3O/c15-9-5-11-13(12(16)6-9)18-8-19(14(11)20)7-10-3-1-2-4-17-10/h1-6,8H,7H2. The Balaban J connectivity index is 2.14. The third kappa shape index (κ3) is 2.40. The predicted molar refractivity (Wildman–Crippen MR) is 79.4 cm³/mol. The van der Waals surface area contributed by atoms with Crippen molar-refractivity contribution < 1.29 is 0 Å². The van der Waals surface area contributed by atoms with Gasteiger partial charge in [0.25, 0.3) is 5.56 Å². The minimum absolute atomic E-state index is 0.190. The Morgan fingerprint density at radius 3 is 2.75 bits per heavy atom. The highest BCUT2D eigenvalue weighted by molar-refractivity contribution is 6.38. The molecular weight excluding hydrogens is 297 g/mol. The summed E-state index contributed by atoms with van der Waals surface area (Å²) in [6, 6.07) is 8.69. The van der Waals surface area contributed by atoms with Crippen LogP contribution in [0.5, 0.6) is 0 Å². The van der Waals surface area contributed by atoms with Crippen LogP contribution in [0.2, 0.25) is 10.0 Å². The number of nitrogens with zero attached hydrogens (tertiary/aromatic N) is 3. The lowest BCUT2D eigenvalue weighted by atomic mass is 10.2. The number of halogens is 2. The quantitative estimate of drug-likeness (QED) is 0.731. The van der Waals surface area contributed by atoms with E-state index in [-0.39, 0.29) is 5.56 Å². The number of fused-ring (bicyclic) bond motifs is 1. The predicted octanol–water partition coefficient (Wildman–Crippen LogP) is 3.15. The molecule has 20 heavy (non-hydrogen) atoms. The number of aromatic nitrogens is 3. The molecule has 0 N–H and O–H groups in total. The normalized spacial score (nSPS) is 10.9. The Bertz CT molecular complexity index is 831. The Kier molecular flexibility index (Phi) is 3.42. The van der Waals surface area contributed by atoms with E-state index in [1.165, 1.54) is 10.9 Å². The van der Waals surface area contributed by atoms with Gasteiger partial charge < -0.3 is 0 Å². The molecule has 0 saturated heterocycles. The van der Waals surface area contributed by atoms with Crippen LogP contribution in [-0.2, 0) is 6.54 Å². The van der Waals surface area contributed by atoms with Gasteiger partial charge in [0, 0.05) is 11.2 Å². The van der Waals surface area contributed by atoms with E-state index in [1.54, 1.807) is 18.3 Å². The third-order valence-electron chi connectivity index (χ3n) is 2.90. The molecule has 0 aliphatic carbocycles. The molecule has 0 atom stereocenters. The van der Waals surface area contributed by atoms with Crippen molar-refractivity contribution in [3.05, 3.63) is 68.9 Å². The maximum atomic E-state index is 12.4. The number of rotatable bonds is 2. The van der Waals surface area contributed by atoms with Crippen molar-refractivity contribution in [1.82, 2.24) is 14.5 Å². The Morgan fingerprint density at radius 1 is 1.15 bits per heavy atom. The summed E-state index contributed by atoms with van der Waals surface area (Å²) in [7, 11) is 0. The highest BCUT2D eigenvalue weighted by Crippen LogP contribution is 2.23. The highest BCUT2D eigenvalue weighted by Gasteiger charge is 2.09. The number of hydrogen-bond acceptors (Lipinski definition) is 3. The fourth-order valence-electron chi connectivity index (χ4n) is 1.97. The van der Waals surface area contributed by atoms with Crippen molar-refractivity contribution in [1.29, 1.82) is 0 Å². The second kappa shape index (κ2) is 5.23. The Hall–Kier alpha value is -1.91. The van der Waals surface area contributed by atoms with Crippen LogP contribution in [0, 0.1) is 0 Å². The number of hydrogen-bond donors (Lipinski definition) is 0. The molecule has 6 heteroatoms. The molecule has 0 radical (unpaired) electrons. The van der Waals surface area contributed by atoms with E-state index in [9.17, 15) is 4.79 Å². The van der Waals surface area contributed by atoms with Gasteiger partial charge in [-0.25, -0.2) is 4.98 Å². The van der Waals surface area contributed by atoms with Crippen LogP contribution in [0.3, 0.4) is 0 Å². The van der Waals surface area contributed by atoms with Gasteiger partial charge in [0.2, 0.25) is 0 Å². The van der Waals surface area contributed by atoms with E-state index in [0.717, 1.165) is 5.69 Å². The van der Waals surface area contributed by atoms with Gasteiger partial charge in [-0.3, -0.25) is 14.3 Å². The molecule has 0 unspecified atom stereocenters. The fourth-order valence-corrected chi connectivity index (χ4v) is 2.52. The van der Waals surface area contributed by atoms with E-state index >= 15 is 0 Å².